The molecule has 0 bridgehead atoms. The van der Waals surface area contributed by atoms with Crippen LogP contribution in [0.15, 0.2) is 24.3 Å². The first-order valence-electron chi connectivity index (χ1n) is 10.8. The molecule has 0 fully saturated rings. The number of aromatic nitrogens is 3. The SMILES string of the molecule is CC[C@H](CO)Nc1nc(NCCOCCOCCN)nc(NCc2ccc(OC)cc2)n1. The number of aliphatic hydroxyl groups excluding tert-OH is 1. The summed E-state index contributed by atoms with van der Waals surface area (Å²) in [6.07, 6.45) is 0.736. The molecule has 2 aromatic rings. The lowest BCUT2D eigenvalue weighted by Crippen LogP contribution is -2.25. The van der Waals surface area contributed by atoms with Gasteiger partial charge in [0, 0.05) is 19.6 Å². The Morgan fingerprint density at radius 1 is 0.938 bits per heavy atom. The lowest BCUT2D eigenvalue weighted by Gasteiger charge is -2.16. The Bertz CT molecular complexity index is 760. The van der Waals surface area contributed by atoms with E-state index in [0.29, 0.717) is 63.9 Å². The molecule has 1 atom stereocenters. The number of nitrogens with zero attached hydrogens (tertiary/aromatic N) is 3. The molecule has 11 heteroatoms. The van der Waals surface area contributed by atoms with Crippen LogP contribution in [0.1, 0.15) is 18.9 Å². The van der Waals surface area contributed by atoms with Gasteiger partial charge in [-0.25, -0.2) is 0 Å². The lowest BCUT2D eigenvalue weighted by molar-refractivity contribution is 0.0547. The van der Waals surface area contributed by atoms with Crippen LogP contribution in [0.3, 0.4) is 0 Å². The molecule has 0 unspecified atom stereocenters. The Morgan fingerprint density at radius 2 is 1.59 bits per heavy atom. The first-order valence-corrected chi connectivity index (χ1v) is 10.8. The van der Waals surface area contributed by atoms with Crippen molar-refractivity contribution in [2.75, 3.05) is 69.2 Å². The molecule has 0 spiro atoms. The maximum atomic E-state index is 9.49. The van der Waals surface area contributed by atoms with E-state index in [9.17, 15) is 5.11 Å². The molecule has 0 saturated heterocycles. The second-order valence-electron chi connectivity index (χ2n) is 6.88. The molecule has 0 aliphatic heterocycles. The van der Waals surface area contributed by atoms with Gasteiger partial charge in [0.25, 0.3) is 0 Å². The van der Waals surface area contributed by atoms with E-state index >= 15 is 0 Å². The number of nitrogens with one attached hydrogen (secondary N) is 3. The molecule has 2 rings (SSSR count). The number of nitrogens with two attached hydrogens (primary N) is 1. The van der Waals surface area contributed by atoms with Gasteiger partial charge in [-0.15, -0.1) is 0 Å². The maximum Gasteiger partial charge on any atom is 0.229 e. The minimum atomic E-state index is -0.142. The molecule has 0 aliphatic carbocycles. The number of methoxy groups -OCH3 is 1. The largest absolute Gasteiger partial charge is 0.497 e. The fourth-order valence-corrected chi connectivity index (χ4v) is 2.62. The van der Waals surface area contributed by atoms with Crippen LogP contribution in [-0.2, 0) is 16.0 Å². The third-order valence-electron chi connectivity index (χ3n) is 4.46. The zero-order valence-electron chi connectivity index (χ0n) is 18.8. The molecule has 11 nitrogen and oxygen atoms in total. The van der Waals surface area contributed by atoms with Gasteiger partial charge in [-0.3, -0.25) is 0 Å². The maximum absolute atomic E-state index is 9.49. The molecule has 0 amide bonds. The van der Waals surface area contributed by atoms with Crippen molar-refractivity contribution in [2.45, 2.75) is 25.9 Å². The second kappa shape index (κ2) is 15.1. The molecule has 1 heterocycles. The molecule has 178 valence electrons. The zero-order chi connectivity index (χ0) is 23.0. The van der Waals surface area contributed by atoms with Gasteiger partial charge in [0.2, 0.25) is 17.8 Å². The monoisotopic (exact) mass is 449 g/mol. The molecular formula is C21H35N7O4. The van der Waals surface area contributed by atoms with E-state index in [4.69, 9.17) is 19.9 Å². The first-order chi connectivity index (χ1) is 15.7. The van der Waals surface area contributed by atoms with Gasteiger partial charge in [0.15, 0.2) is 0 Å². The highest BCUT2D eigenvalue weighted by molar-refractivity contribution is 5.43. The van der Waals surface area contributed by atoms with Crippen molar-refractivity contribution >= 4 is 17.8 Å². The summed E-state index contributed by atoms with van der Waals surface area (Å²) in [5, 5.41) is 19.0. The van der Waals surface area contributed by atoms with Crippen molar-refractivity contribution in [1.29, 1.82) is 0 Å². The average molecular weight is 450 g/mol. The van der Waals surface area contributed by atoms with Crippen LogP contribution in [0.25, 0.3) is 0 Å². The van der Waals surface area contributed by atoms with Crippen LogP contribution >= 0.6 is 0 Å². The Hall–Kier alpha value is -2.73. The summed E-state index contributed by atoms with van der Waals surface area (Å²) in [5.74, 6) is 2.02. The van der Waals surface area contributed by atoms with E-state index in [-0.39, 0.29) is 12.6 Å². The third kappa shape index (κ3) is 9.60. The summed E-state index contributed by atoms with van der Waals surface area (Å²) in [4.78, 5) is 13.3. The van der Waals surface area contributed by atoms with Crippen molar-refractivity contribution in [3.05, 3.63) is 29.8 Å². The minimum absolute atomic E-state index is 0.0143. The molecule has 1 aromatic heterocycles. The standard InChI is InChI=1S/C21H35N7O4/c1-3-17(15-29)25-21-27-19(23-9-11-32-13-12-31-10-8-22)26-20(28-21)24-14-16-4-6-18(30-2)7-5-16/h4-7,17,29H,3,8-15,22H2,1-2H3,(H3,23,24,25,26,27,28)/t17-/m1/s1. The van der Waals surface area contributed by atoms with Crippen LogP contribution in [-0.4, -0.2) is 79.3 Å². The second-order valence-corrected chi connectivity index (χ2v) is 6.88. The predicted octanol–water partition coefficient (Wildman–Crippen LogP) is 1.08. The van der Waals surface area contributed by atoms with Gasteiger partial charge < -0.3 is 41.0 Å². The highest BCUT2D eigenvalue weighted by Gasteiger charge is 2.11. The van der Waals surface area contributed by atoms with Crippen molar-refractivity contribution in [1.82, 2.24) is 15.0 Å². The topological polar surface area (TPSA) is 149 Å². The number of anilines is 3. The Labute approximate surface area is 189 Å². The van der Waals surface area contributed by atoms with E-state index in [1.54, 1.807) is 7.11 Å². The molecule has 1 aromatic carbocycles. The minimum Gasteiger partial charge on any atom is -0.497 e. The van der Waals surface area contributed by atoms with E-state index in [0.717, 1.165) is 17.7 Å². The molecule has 0 aliphatic rings. The smallest absolute Gasteiger partial charge is 0.229 e. The summed E-state index contributed by atoms with van der Waals surface area (Å²) in [6.45, 7) is 5.54. The average Bonchev–Trinajstić information content (AvgIpc) is 2.83. The molecule has 0 radical (unpaired) electrons. The number of hydrogen-bond donors (Lipinski definition) is 5. The highest BCUT2D eigenvalue weighted by atomic mass is 16.5. The van der Waals surface area contributed by atoms with E-state index in [2.05, 4.69) is 30.9 Å². The molecule has 32 heavy (non-hydrogen) atoms. The summed E-state index contributed by atoms with van der Waals surface area (Å²) < 4.78 is 16.0. The van der Waals surface area contributed by atoms with Gasteiger partial charge in [-0.2, -0.15) is 15.0 Å². The van der Waals surface area contributed by atoms with Crippen molar-refractivity contribution in [2.24, 2.45) is 5.73 Å². The summed E-state index contributed by atoms with van der Waals surface area (Å²) in [7, 11) is 1.64. The van der Waals surface area contributed by atoms with Crippen LogP contribution < -0.4 is 26.4 Å². The lowest BCUT2D eigenvalue weighted by atomic mass is 10.2. The molecular weight excluding hydrogens is 414 g/mol. The third-order valence-corrected chi connectivity index (χ3v) is 4.46. The van der Waals surface area contributed by atoms with Gasteiger partial charge in [0.1, 0.15) is 5.75 Å². The van der Waals surface area contributed by atoms with Gasteiger partial charge in [-0.05, 0) is 24.1 Å². The first kappa shape index (κ1) is 25.5. The zero-order valence-corrected chi connectivity index (χ0v) is 18.8. The fraction of sp³-hybridized carbons (Fsp3) is 0.571. The van der Waals surface area contributed by atoms with Crippen LogP contribution in [0.5, 0.6) is 5.75 Å². The van der Waals surface area contributed by atoms with E-state index < -0.39 is 0 Å². The van der Waals surface area contributed by atoms with Crippen LogP contribution in [0, 0.1) is 0 Å². The Morgan fingerprint density at radius 3 is 2.22 bits per heavy atom. The van der Waals surface area contributed by atoms with Crippen LogP contribution in [0.4, 0.5) is 17.8 Å². The molecule has 0 saturated carbocycles. The number of hydrogen-bond acceptors (Lipinski definition) is 11. The number of aliphatic hydroxyl groups is 1. The number of rotatable bonds is 17. The molecule has 6 N–H and O–H groups in total. The van der Waals surface area contributed by atoms with E-state index in [1.165, 1.54) is 0 Å². The van der Waals surface area contributed by atoms with Crippen molar-refractivity contribution in [3.8, 4) is 5.75 Å². The summed E-state index contributed by atoms with van der Waals surface area (Å²) >= 11 is 0. The Kier molecular flexibility index (Phi) is 12.1. The Balaban J connectivity index is 1.94. The highest BCUT2D eigenvalue weighted by Crippen LogP contribution is 2.14. The van der Waals surface area contributed by atoms with Gasteiger partial charge in [0.05, 0.1) is 46.2 Å². The van der Waals surface area contributed by atoms with Gasteiger partial charge >= 0.3 is 0 Å². The fourth-order valence-electron chi connectivity index (χ4n) is 2.62. The predicted molar refractivity (Wildman–Crippen MR) is 124 cm³/mol. The van der Waals surface area contributed by atoms with Gasteiger partial charge in [-0.1, -0.05) is 19.1 Å². The van der Waals surface area contributed by atoms with E-state index in [1.807, 2.05) is 31.2 Å². The van der Waals surface area contributed by atoms with Crippen molar-refractivity contribution < 1.29 is 19.3 Å². The number of benzene rings is 1. The van der Waals surface area contributed by atoms with Crippen LogP contribution in [0.2, 0.25) is 0 Å². The normalized spacial score (nSPS) is 11.8. The van der Waals surface area contributed by atoms with Crippen molar-refractivity contribution in [3.63, 3.8) is 0 Å². The number of ether oxygens (including phenoxy) is 3. The summed E-state index contributed by atoms with van der Waals surface area (Å²) in [5.41, 5.74) is 6.43. The quantitative estimate of drug-likeness (QED) is 0.221. The summed E-state index contributed by atoms with van der Waals surface area (Å²) in [6, 6.07) is 7.60.